The van der Waals surface area contributed by atoms with Gasteiger partial charge in [0, 0.05) is 70.3 Å². The number of hydrogen-bond donors (Lipinski definition) is 0. The zero-order chi connectivity index (χ0) is 28.8. The first-order valence-electron chi connectivity index (χ1n) is 14.3. The fourth-order valence-electron chi connectivity index (χ4n) is 6.20. The summed E-state index contributed by atoms with van der Waals surface area (Å²) in [7, 11) is 0. The molecule has 6 aromatic heterocycles. The SMILES string of the molecule is C(=C\c1cc2sccc2s1)/c1ccc2c(c1)oc1c2ccc2c1ccc1c3ccc(/C=C/c4cc5sccc5s4)cc3sc12. The van der Waals surface area contributed by atoms with Gasteiger partial charge in [-0.15, -0.1) is 56.7 Å². The van der Waals surface area contributed by atoms with Crippen LogP contribution >= 0.6 is 56.7 Å². The molecule has 0 spiro atoms. The quantitative estimate of drug-likeness (QED) is 0.184. The number of furan rings is 1. The molecule has 10 aromatic rings. The van der Waals surface area contributed by atoms with Crippen molar-refractivity contribution in [2.45, 2.75) is 0 Å². The Balaban J connectivity index is 1.03. The minimum atomic E-state index is 0.931. The summed E-state index contributed by atoms with van der Waals surface area (Å²) in [5, 5.41) is 11.7. The van der Waals surface area contributed by atoms with Crippen molar-refractivity contribution in [3.05, 3.63) is 117 Å². The lowest BCUT2D eigenvalue weighted by molar-refractivity contribution is 0.672. The lowest BCUT2D eigenvalue weighted by atomic mass is 10.0. The highest BCUT2D eigenvalue weighted by Crippen LogP contribution is 2.43. The highest BCUT2D eigenvalue weighted by atomic mass is 32.1. The van der Waals surface area contributed by atoms with Crippen LogP contribution in [0.1, 0.15) is 20.9 Å². The minimum absolute atomic E-state index is 0.931. The average Bonchev–Trinajstić information content (AvgIpc) is 3.87. The van der Waals surface area contributed by atoms with E-state index in [-0.39, 0.29) is 0 Å². The highest BCUT2D eigenvalue weighted by molar-refractivity contribution is 7.28. The Morgan fingerprint density at radius 2 is 1.00 bits per heavy atom. The second-order valence-electron chi connectivity index (χ2n) is 11.0. The fraction of sp³-hybridized carbons (Fsp3) is 0. The zero-order valence-electron chi connectivity index (χ0n) is 23.0. The maximum Gasteiger partial charge on any atom is 0.143 e. The van der Waals surface area contributed by atoms with Crippen molar-refractivity contribution in [1.82, 2.24) is 0 Å². The van der Waals surface area contributed by atoms with Gasteiger partial charge in [-0.05, 0) is 88.6 Å². The molecule has 6 heteroatoms. The monoisotopic (exact) mass is 652 g/mol. The number of rotatable bonds is 4. The lowest BCUT2D eigenvalue weighted by Gasteiger charge is -2.01. The molecule has 0 fully saturated rings. The van der Waals surface area contributed by atoms with Gasteiger partial charge in [0.15, 0.2) is 0 Å². The van der Waals surface area contributed by atoms with Crippen molar-refractivity contribution in [3.8, 4) is 0 Å². The summed E-state index contributed by atoms with van der Waals surface area (Å²) in [6.45, 7) is 0. The summed E-state index contributed by atoms with van der Waals surface area (Å²) >= 11 is 9.17. The molecular formula is C38H20OS5. The molecule has 0 radical (unpaired) electrons. The third-order valence-electron chi connectivity index (χ3n) is 8.31. The van der Waals surface area contributed by atoms with Gasteiger partial charge in [0.05, 0.1) is 0 Å². The molecule has 0 amide bonds. The van der Waals surface area contributed by atoms with E-state index >= 15 is 0 Å². The van der Waals surface area contributed by atoms with Crippen LogP contribution in [-0.2, 0) is 0 Å². The number of fused-ring (bicyclic) bond motifs is 11. The van der Waals surface area contributed by atoms with Crippen LogP contribution in [0.3, 0.4) is 0 Å². The molecule has 0 N–H and O–H groups in total. The van der Waals surface area contributed by atoms with Gasteiger partial charge in [-0.25, -0.2) is 0 Å². The normalized spacial score (nSPS) is 12.8. The predicted molar refractivity (Wildman–Crippen MR) is 201 cm³/mol. The van der Waals surface area contributed by atoms with E-state index in [0.29, 0.717) is 0 Å². The van der Waals surface area contributed by atoms with E-state index in [1.807, 2.05) is 45.3 Å². The first kappa shape index (κ1) is 25.3. The molecular weight excluding hydrogens is 633 g/mol. The molecule has 0 saturated carbocycles. The maximum atomic E-state index is 6.59. The van der Waals surface area contributed by atoms with Gasteiger partial charge in [0.25, 0.3) is 0 Å². The Morgan fingerprint density at radius 1 is 0.432 bits per heavy atom. The molecule has 0 saturated heterocycles. The molecule has 0 unspecified atom stereocenters. The van der Waals surface area contributed by atoms with Crippen molar-refractivity contribution in [1.29, 1.82) is 0 Å². The van der Waals surface area contributed by atoms with Crippen LogP contribution in [0.25, 0.3) is 96.0 Å². The largest absolute Gasteiger partial charge is 0.455 e. The van der Waals surface area contributed by atoms with Crippen LogP contribution in [0.2, 0.25) is 0 Å². The molecule has 44 heavy (non-hydrogen) atoms. The predicted octanol–water partition coefficient (Wildman–Crippen LogP) is 14.0. The van der Waals surface area contributed by atoms with Crippen LogP contribution in [0, 0.1) is 0 Å². The zero-order valence-corrected chi connectivity index (χ0v) is 27.1. The Labute approximate surface area is 271 Å². The van der Waals surface area contributed by atoms with Gasteiger partial charge in [-0.1, -0.05) is 42.5 Å². The Bertz CT molecular complexity index is 2530. The summed E-state index contributed by atoms with van der Waals surface area (Å²) in [5.74, 6) is 0. The van der Waals surface area contributed by atoms with E-state index in [1.54, 1.807) is 11.3 Å². The van der Waals surface area contributed by atoms with Crippen molar-refractivity contribution < 1.29 is 4.42 Å². The first-order valence-corrected chi connectivity index (χ1v) is 18.5. The Kier molecular flexibility index (Phi) is 5.60. The second-order valence-corrected chi connectivity index (χ2v) is 16.1. The van der Waals surface area contributed by atoms with Gasteiger partial charge >= 0.3 is 0 Å². The summed E-state index contributed by atoms with van der Waals surface area (Å²) in [6, 6.07) is 31.4. The number of benzene rings is 4. The van der Waals surface area contributed by atoms with E-state index in [2.05, 4.69) is 120 Å². The Hall–Kier alpha value is -4.04. The number of thiophene rings is 5. The van der Waals surface area contributed by atoms with Gasteiger partial charge in [0.2, 0.25) is 0 Å². The average molecular weight is 653 g/mol. The summed E-state index contributed by atoms with van der Waals surface area (Å²) < 4.78 is 14.7. The maximum absolute atomic E-state index is 6.59. The molecule has 0 aliphatic heterocycles. The second kappa shape index (κ2) is 9.73. The van der Waals surface area contributed by atoms with Crippen molar-refractivity contribution in [2.24, 2.45) is 0 Å². The third kappa shape index (κ3) is 3.99. The topological polar surface area (TPSA) is 13.1 Å². The fourth-order valence-corrected chi connectivity index (χ4v) is 11.5. The molecule has 10 rings (SSSR count). The lowest BCUT2D eigenvalue weighted by Crippen LogP contribution is -1.75. The summed E-state index contributed by atoms with van der Waals surface area (Å²) in [4.78, 5) is 2.58. The van der Waals surface area contributed by atoms with Gasteiger partial charge in [0.1, 0.15) is 11.2 Å². The smallest absolute Gasteiger partial charge is 0.143 e. The van der Waals surface area contributed by atoms with E-state index in [9.17, 15) is 0 Å². The van der Waals surface area contributed by atoms with Crippen molar-refractivity contribution >= 4 is 153 Å². The minimum Gasteiger partial charge on any atom is -0.455 e. The molecule has 1 nitrogen and oxygen atoms in total. The van der Waals surface area contributed by atoms with Crippen LogP contribution in [0.15, 0.2) is 100 Å². The number of hydrogen-bond acceptors (Lipinski definition) is 6. The Morgan fingerprint density at radius 3 is 1.68 bits per heavy atom. The third-order valence-corrected chi connectivity index (χ3v) is 13.6. The van der Waals surface area contributed by atoms with Crippen LogP contribution < -0.4 is 0 Å². The standard InChI is InChI=1S/C38H20OS5/c1(5-23-19-35-32(42-23)13-15-40-35)21-3-7-25-27-9-12-30-28(37(27)39-31(25)17-21)10-11-29-26-8-4-22(18-34(26)44-38(29)30)2-6-24-20-36-33(43-24)14-16-41-36/h1-20H/b5-1+,6-2+. The first-order chi connectivity index (χ1) is 21.7. The van der Waals surface area contributed by atoms with E-state index in [4.69, 9.17) is 4.42 Å². The van der Waals surface area contributed by atoms with Crippen molar-refractivity contribution in [2.75, 3.05) is 0 Å². The van der Waals surface area contributed by atoms with Gasteiger partial charge < -0.3 is 4.42 Å². The summed E-state index contributed by atoms with van der Waals surface area (Å²) in [5.41, 5.74) is 4.28. The summed E-state index contributed by atoms with van der Waals surface area (Å²) in [6.07, 6.45) is 8.88. The van der Waals surface area contributed by atoms with E-state index in [1.165, 1.54) is 70.4 Å². The van der Waals surface area contributed by atoms with Crippen LogP contribution in [-0.4, -0.2) is 0 Å². The van der Waals surface area contributed by atoms with Crippen LogP contribution in [0.4, 0.5) is 0 Å². The highest BCUT2D eigenvalue weighted by Gasteiger charge is 2.15. The van der Waals surface area contributed by atoms with E-state index in [0.717, 1.165) is 22.1 Å². The molecule has 4 aromatic carbocycles. The van der Waals surface area contributed by atoms with Crippen molar-refractivity contribution in [3.63, 3.8) is 0 Å². The van der Waals surface area contributed by atoms with Gasteiger partial charge in [-0.3, -0.25) is 0 Å². The molecule has 0 aliphatic carbocycles. The van der Waals surface area contributed by atoms with E-state index < -0.39 is 0 Å². The molecule has 0 bridgehead atoms. The molecule has 0 aliphatic rings. The molecule has 6 heterocycles. The molecule has 208 valence electrons. The van der Waals surface area contributed by atoms with Gasteiger partial charge in [-0.2, -0.15) is 0 Å². The molecule has 0 atom stereocenters. The van der Waals surface area contributed by atoms with Crippen LogP contribution in [0.5, 0.6) is 0 Å².